The fraction of sp³-hybridized carbons (Fsp3) is 0.458. The number of pyridine rings is 1. The maximum atomic E-state index is 13.2. The molecule has 9 heteroatoms. The van der Waals surface area contributed by atoms with Gasteiger partial charge in [0, 0.05) is 36.5 Å². The Morgan fingerprint density at radius 1 is 1.12 bits per heavy atom. The van der Waals surface area contributed by atoms with E-state index in [0.717, 1.165) is 5.69 Å². The third kappa shape index (κ3) is 6.01. The molecule has 2 saturated heterocycles. The molecule has 2 amide bonds. The first-order valence-electron chi connectivity index (χ1n) is 11.0. The number of aryl methyl sites for hydroxylation is 1. The van der Waals surface area contributed by atoms with Gasteiger partial charge in [-0.15, -0.1) is 0 Å². The Kier molecular flexibility index (Phi) is 7.47. The number of hydrogen-bond acceptors (Lipinski definition) is 6. The fourth-order valence-corrected chi connectivity index (χ4v) is 4.19. The molecule has 0 radical (unpaired) electrons. The van der Waals surface area contributed by atoms with Gasteiger partial charge in [-0.05, 0) is 37.3 Å². The molecule has 4 rings (SSSR count). The molecule has 1 atom stereocenters. The van der Waals surface area contributed by atoms with Gasteiger partial charge in [-0.2, -0.15) is 0 Å². The Morgan fingerprint density at radius 2 is 1.91 bits per heavy atom. The maximum Gasteiger partial charge on any atom is 0.255 e. The number of amides is 2. The van der Waals surface area contributed by atoms with E-state index in [1.54, 1.807) is 46.3 Å². The zero-order chi connectivity index (χ0) is 23.3. The van der Waals surface area contributed by atoms with Gasteiger partial charge in [0.15, 0.2) is 0 Å². The minimum Gasteiger partial charge on any atom is -0.490 e. The Bertz CT molecular complexity index is 980. The van der Waals surface area contributed by atoms with E-state index in [9.17, 15) is 9.59 Å². The second-order valence-corrected chi connectivity index (χ2v) is 8.80. The lowest BCUT2D eigenvalue weighted by Gasteiger charge is -2.43. The Morgan fingerprint density at radius 3 is 2.64 bits per heavy atom. The number of morpholine rings is 2. The fourth-order valence-electron chi connectivity index (χ4n) is 4.01. The van der Waals surface area contributed by atoms with E-state index in [1.807, 2.05) is 13.0 Å². The molecule has 1 aromatic heterocycles. The molecular formula is C24H28ClN3O5. The van der Waals surface area contributed by atoms with Gasteiger partial charge in [0.2, 0.25) is 5.91 Å². The van der Waals surface area contributed by atoms with E-state index in [2.05, 4.69) is 4.98 Å². The van der Waals surface area contributed by atoms with Crippen LogP contribution in [0.5, 0.6) is 5.75 Å². The summed E-state index contributed by atoms with van der Waals surface area (Å²) < 4.78 is 17.5. The third-order valence-electron chi connectivity index (χ3n) is 5.83. The molecule has 33 heavy (non-hydrogen) atoms. The van der Waals surface area contributed by atoms with E-state index < -0.39 is 5.60 Å². The van der Waals surface area contributed by atoms with Crippen molar-refractivity contribution in [3.8, 4) is 5.75 Å². The number of carbonyl (C=O) groups excluding carboxylic acids is 2. The molecule has 0 unspecified atom stereocenters. The summed E-state index contributed by atoms with van der Waals surface area (Å²) in [7, 11) is 0. The van der Waals surface area contributed by atoms with Crippen LogP contribution in [0.25, 0.3) is 0 Å². The molecule has 0 saturated carbocycles. The number of rotatable bonds is 6. The monoisotopic (exact) mass is 473 g/mol. The zero-order valence-corrected chi connectivity index (χ0v) is 19.4. The van der Waals surface area contributed by atoms with Crippen LogP contribution in [0.15, 0.2) is 42.6 Å². The molecular weight excluding hydrogens is 446 g/mol. The van der Waals surface area contributed by atoms with Gasteiger partial charge in [-0.25, -0.2) is 0 Å². The maximum absolute atomic E-state index is 13.2. The zero-order valence-electron chi connectivity index (χ0n) is 18.7. The van der Waals surface area contributed by atoms with Gasteiger partial charge in [0.25, 0.3) is 5.91 Å². The second kappa shape index (κ2) is 10.5. The summed E-state index contributed by atoms with van der Waals surface area (Å²) in [5.74, 6) is 0.395. The molecule has 1 aromatic carbocycles. The van der Waals surface area contributed by atoms with Crippen LogP contribution >= 0.6 is 11.6 Å². The summed E-state index contributed by atoms with van der Waals surface area (Å²) in [6, 6.07) is 10.6. The molecule has 2 fully saturated rings. The molecule has 8 nitrogen and oxygen atoms in total. The Balaban J connectivity index is 1.53. The summed E-state index contributed by atoms with van der Waals surface area (Å²) in [5.41, 5.74) is 0.365. The highest BCUT2D eigenvalue weighted by Crippen LogP contribution is 2.27. The van der Waals surface area contributed by atoms with Crippen molar-refractivity contribution in [3.63, 3.8) is 0 Å². The lowest BCUT2D eigenvalue weighted by atomic mass is 9.96. The van der Waals surface area contributed by atoms with Crippen molar-refractivity contribution in [3.05, 3.63) is 58.9 Å². The topological polar surface area (TPSA) is 81.2 Å². The second-order valence-electron chi connectivity index (χ2n) is 8.36. The molecule has 2 aliphatic heterocycles. The summed E-state index contributed by atoms with van der Waals surface area (Å²) in [5, 5.41) is 0.555. The Hall–Kier alpha value is -2.68. The SMILES string of the molecule is Cc1ccc(C(=O)N2CCO[C@@](COc3cccc(Cl)c3)(CC(=O)N3CCOCC3)C2)cn1. The molecule has 0 bridgehead atoms. The van der Waals surface area contributed by atoms with Gasteiger partial charge in [-0.1, -0.05) is 17.7 Å². The molecule has 2 aromatic rings. The molecule has 2 aliphatic rings. The van der Waals surface area contributed by atoms with Crippen LogP contribution in [0.4, 0.5) is 0 Å². The minimum atomic E-state index is -0.982. The van der Waals surface area contributed by atoms with Crippen molar-refractivity contribution >= 4 is 23.4 Å². The number of benzene rings is 1. The number of carbonyl (C=O) groups is 2. The van der Waals surface area contributed by atoms with Crippen molar-refractivity contribution in [1.29, 1.82) is 0 Å². The smallest absolute Gasteiger partial charge is 0.255 e. The van der Waals surface area contributed by atoms with Gasteiger partial charge >= 0.3 is 0 Å². The van der Waals surface area contributed by atoms with Crippen LogP contribution in [0.3, 0.4) is 0 Å². The highest BCUT2D eigenvalue weighted by molar-refractivity contribution is 6.30. The average molecular weight is 474 g/mol. The quantitative estimate of drug-likeness (QED) is 0.641. The minimum absolute atomic E-state index is 0.0423. The van der Waals surface area contributed by atoms with Crippen molar-refractivity contribution in [2.24, 2.45) is 0 Å². The number of ether oxygens (including phenoxy) is 3. The van der Waals surface area contributed by atoms with E-state index in [-0.39, 0.29) is 31.4 Å². The largest absolute Gasteiger partial charge is 0.490 e. The number of hydrogen-bond donors (Lipinski definition) is 0. The van der Waals surface area contributed by atoms with E-state index in [4.69, 9.17) is 25.8 Å². The first kappa shape index (κ1) is 23.5. The Labute approximate surface area is 198 Å². The predicted molar refractivity (Wildman–Crippen MR) is 123 cm³/mol. The summed E-state index contributed by atoms with van der Waals surface area (Å²) in [4.78, 5) is 34.0. The molecule has 176 valence electrons. The van der Waals surface area contributed by atoms with Crippen LogP contribution in [-0.4, -0.2) is 84.8 Å². The first-order valence-corrected chi connectivity index (χ1v) is 11.4. The van der Waals surface area contributed by atoms with Crippen molar-refractivity contribution in [1.82, 2.24) is 14.8 Å². The lowest BCUT2D eigenvalue weighted by molar-refractivity contribution is -0.155. The van der Waals surface area contributed by atoms with Crippen LogP contribution < -0.4 is 4.74 Å². The normalized spacial score (nSPS) is 21.0. The van der Waals surface area contributed by atoms with Gasteiger partial charge in [-0.3, -0.25) is 14.6 Å². The molecule has 3 heterocycles. The number of nitrogens with zero attached hydrogens (tertiary/aromatic N) is 3. The number of halogens is 1. The van der Waals surface area contributed by atoms with Gasteiger partial charge in [0.1, 0.15) is 18.0 Å². The molecule has 0 aliphatic carbocycles. The van der Waals surface area contributed by atoms with Crippen LogP contribution in [0.2, 0.25) is 5.02 Å². The number of aromatic nitrogens is 1. The predicted octanol–water partition coefficient (Wildman–Crippen LogP) is 2.58. The summed E-state index contributed by atoms with van der Waals surface area (Å²) in [6.45, 7) is 5.07. The van der Waals surface area contributed by atoms with Gasteiger partial charge < -0.3 is 24.0 Å². The van der Waals surface area contributed by atoms with Crippen LogP contribution in [0.1, 0.15) is 22.5 Å². The van der Waals surface area contributed by atoms with Crippen molar-refractivity contribution in [2.45, 2.75) is 18.9 Å². The first-order chi connectivity index (χ1) is 15.9. The highest BCUT2D eigenvalue weighted by atomic mass is 35.5. The van der Waals surface area contributed by atoms with E-state index in [1.165, 1.54) is 0 Å². The molecule has 0 spiro atoms. The van der Waals surface area contributed by atoms with Crippen LogP contribution in [-0.2, 0) is 14.3 Å². The van der Waals surface area contributed by atoms with E-state index >= 15 is 0 Å². The van der Waals surface area contributed by atoms with E-state index in [0.29, 0.717) is 55.8 Å². The average Bonchev–Trinajstić information content (AvgIpc) is 2.84. The summed E-state index contributed by atoms with van der Waals surface area (Å²) >= 11 is 6.09. The lowest BCUT2D eigenvalue weighted by Crippen LogP contribution is -2.58. The third-order valence-corrected chi connectivity index (χ3v) is 6.06. The van der Waals surface area contributed by atoms with Crippen molar-refractivity contribution < 1.29 is 23.8 Å². The standard InChI is InChI=1S/C24H28ClN3O5/c1-18-5-6-19(15-26-18)23(30)28-9-12-33-24(16-28,14-22(29)27-7-10-31-11-8-27)17-32-21-4-2-3-20(25)13-21/h2-6,13,15H,7-12,14,16-17H2,1H3/t24-/m0/s1. The van der Waals surface area contributed by atoms with Crippen LogP contribution in [0, 0.1) is 6.92 Å². The van der Waals surface area contributed by atoms with Gasteiger partial charge in [0.05, 0.1) is 38.3 Å². The van der Waals surface area contributed by atoms with Crippen molar-refractivity contribution in [2.75, 3.05) is 52.6 Å². The molecule has 0 N–H and O–H groups in total. The highest BCUT2D eigenvalue weighted by Gasteiger charge is 2.42. The summed E-state index contributed by atoms with van der Waals surface area (Å²) in [6.07, 6.45) is 1.68.